The Kier molecular flexibility index (Phi) is 4.39. The fourth-order valence-electron chi connectivity index (χ4n) is 2.05. The number of aromatic nitrogens is 2. The predicted molar refractivity (Wildman–Crippen MR) is 71.6 cm³/mol. The molecule has 0 aliphatic carbocycles. The molecule has 0 spiro atoms. The number of hydrogen-bond acceptors (Lipinski definition) is 4. The summed E-state index contributed by atoms with van der Waals surface area (Å²) in [7, 11) is 0. The number of nitrogens with zero attached hydrogens (tertiary/aromatic N) is 2. The number of hydrogen-bond donors (Lipinski definition) is 1. The molecule has 1 unspecified atom stereocenters. The number of alkyl halides is 3. The maximum absolute atomic E-state index is 12.7. The van der Waals surface area contributed by atoms with Gasteiger partial charge >= 0.3 is 6.18 Å². The van der Waals surface area contributed by atoms with Crippen molar-refractivity contribution in [1.82, 2.24) is 14.9 Å². The average Bonchev–Trinajstić information content (AvgIpc) is 2.89. The quantitative estimate of drug-likeness (QED) is 0.938. The topological polar surface area (TPSA) is 37.8 Å². The van der Waals surface area contributed by atoms with Crippen LogP contribution < -0.4 is 5.32 Å². The molecule has 2 aromatic rings. The predicted octanol–water partition coefficient (Wildman–Crippen LogP) is 3.56. The van der Waals surface area contributed by atoms with E-state index in [2.05, 4.69) is 14.9 Å². The van der Waals surface area contributed by atoms with Crippen LogP contribution in [0.15, 0.2) is 23.6 Å². The minimum absolute atomic E-state index is 0.235. The molecule has 0 fully saturated rings. The third-order valence-corrected chi connectivity index (χ3v) is 3.51. The van der Waals surface area contributed by atoms with Gasteiger partial charge in [0.1, 0.15) is 0 Å². The maximum Gasteiger partial charge on any atom is 0.416 e. The van der Waals surface area contributed by atoms with Gasteiger partial charge < -0.3 is 5.32 Å². The van der Waals surface area contributed by atoms with Crippen LogP contribution in [0.3, 0.4) is 0 Å². The Labute approximate surface area is 119 Å². The van der Waals surface area contributed by atoms with Crippen LogP contribution in [-0.2, 0) is 6.18 Å². The Morgan fingerprint density at radius 2 is 2.10 bits per heavy atom. The second kappa shape index (κ2) is 5.88. The normalized spacial score (nSPS) is 13.4. The van der Waals surface area contributed by atoms with Crippen molar-refractivity contribution in [2.45, 2.75) is 26.1 Å². The van der Waals surface area contributed by atoms with Gasteiger partial charge in [0.2, 0.25) is 0 Å². The zero-order chi connectivity index (χ0) is 14.8. The van der Waals surface area contributed by atoms with Gasteiger partial charge in [0.25, 0.3) is 0 Å². The molecule has 0 aliphatic rings. The maximum atomic E-state index is 12.7. The molecular formula is C13H14F3N3S. The SMILES string of the molecule is CCNC(c1csnn1)c1ccc(C(F)(F)F)cc1C. The smallest absolute Gasteiger partial charge is 0.305 e. The van der Waals surface area contributed by atoms with Crippen LogP contribution >= 0.6 is 11.5 Å². The van der Waals surface area contributed by atoms with Gasteiger partial charge in [-0.15, -0.1) is 5.10 Å². The molecule has 0 saturated carbocycles. The molecule has 20 heavy (non-hydrogen) atoms. The first kappa shape index (κ1) is 14.9. The van der Waals surface area contributed by atoms with Gasteiger partial charge in [-0.2, -0.15) is 13.2 Å². The summed E-state index contributed by atoms with van der Waals surface area (Å²) in [5, 5.41) is 9.03. The Hall–Kier alpha value is -1.47. The first-order valence-electron chi connectivity index (χ1n) is 6.11. The lowest BCUT2D eigenvalue weighted by molar-refractivity contribution is -0.137. The summed E-state index contributed by atoms with van der Waals surface area (Å²) in [5.41, 5.74) is 1.46. The highest BCUT2D eigenvalue weighted by Gasteiger charge is 2.31. The highest BCUT2D eigenvalue weighted by Crippen LogP contribution is 2.32. The monoisotopic (exact) mass is 301 g/mol. The Bertz CT molecular complexity index is 567. The van der Waals surface area contributed by atoms with Gasteiger partial charge in [0, 0.05) is 5.38 Å². The molecule has 1 atom stereocenters. The first-order chi connectivity index (χ1) is 9.43. The summed E-state index contributed by atoms with van der Waals surface area (Å²) >= 11 is 1.22. The summed E-state index contributed by atoms with van der Waals surface area (Å²) < 4.78 is 41.9. The lowest BCUT2D eigenvalue weighted by Crippen LogP contribution is -2.23. The summed E-state index contributed by atoms with van der Waals surface area (Å²) in [5.74, 6) is 0. The van der Waals surface area contributed by atoms with Crippen LogP contribution in [0.25, 0.3) is 0 Å². The summed E-state index contributed by atoms with van der Waals surface area (Å²) in [6, 6.07) is 3.54. The Morgan fingerprint density at radius 3 is 2.60 bits per heavy atom. The molecule has 1 heterocycles. The van der Waals surface area contributed by atoms with Crippen molar-refractivity contribution in [1.29, 1.82) is 0 Å². The molecule has 0 aliphatic heterocycles. The standard InChI is InChI=1S/C13H14F3N3S/c1-3-17-12(11-7-20-19-18-11)10-5-4-9(6-8(10)2)13(14,15)16/h4-7,12,17H,3H2,1-2H3. The lowest BCUT2D eigenvalue weighted by atomic mass is 9.97. The van der Waals surface area contributed by atoms with Crippen molar-refractivity contribution in [2.75, 3.05) is 6.54 Å². The molecular weight excluding hydrogens is 287 g/mol. The molecule has 2 rings (SSSR count). The zero-order valence-electron chi connectivity index (χ0n) is 11.0. The Balaban J connectivity index is 2.40. The molecule has 0 saturated heterocycles. The average molecular weight is 301 g/mol. The van der Waals surface area contributed by atoms with Crippen LogP contribution in [0.5, 0.6) is 0 Å². The number of nitrogens with one attached hydrogen (secondary N) is 1. The molecule has 1 aromatic heterocycles. The van der Waals surface area contributed by atoms with Gasteiger partial charge in [0.15, 0.2) is 0 Å². The fraction of sp³-hybridized carbons (Fsp3) is 0.385. The molecule has 0 radical (unpaired) electrons. The summed E-state index contributed by atoms with van der Waals surface area (Å²) in [4.78, 5) is 0. The molecule has 0 amide bonds. The minimum Gasteiger partial charge on any atom is -0.305 e. The third-order valence-electron chi connectivity index (χ3n) is 2.99. The fourth-order valence-corrected chi connectivity index (χ4v) is 2.53. The van der Waals surface area contributed by atoms with Gasteiger partial charge in [-0.05, 0) is 48.3 Å². The van der Waals surface area contributed by atoms with Crippen molar-refractivity contribution in [3.05, 3.63) is 46.0 Å². The van der Waals surface area contributed by atoms with Crippen molar-refractivity contribution in [2.24, 2.45) is 0 Å². The van der Waals surface area contributed by atoms with Gasteiger partial charge in [0.05, 0.1) is 17.3 Å². The van der Waals surface area contributed by atoms with E-state index in [1.165, 1.54) is 23.7 Å². The van der Waals surface area contributed by atoms with E-state index in [-0.39, 0.29) is 6.04 Å². The number of aryl methyl sites for hydroxylation is 1. The van der Waals surface area contributed by atoms with E-state index in [1.54, 1.807) is 12.3 Å². The number of halogens is 3. The molecule has 108 valence electrons. The van der Waals surface area contributed by atoms with E-state index in [4.69, 9.17) is 0 Å². The van der Waals surface area contributed by atoms with Crippen LogP contribution in [0, 0.1) is 6.92 Å². The first-order valence-corrected chi connectivity index (χ1v) is 6.95. The van der Waals surface area contributed by atoms with Crippen molar-refractivity contribution in [3.8, 4) is 0 Å². The number of rotatable bonds is 4. The van der Waals surface area contributed by atoms with Gasteiger partial charge in [-0.1, -0.05) is 17.5 Å². The van der Waals surface area contributed by atoms with Gasteiger partial charge in [-0.3, -0.25) is 0 Å². The van der Waals surface area contributed by atoms with Crippen LogP contribution in [0.2, 0.25) is 0 Å². The number of benzene rings is 1. The highest BCUT2D eigenvalue weighted by atomic mass is 32.1. The third kappa shape index (κ3) is 3.16. The van der Waals surface area contributed by atoms with E-state index < -0.39 is 11.7 Å². The minimum atomic E-state index is -4.32. The molecule has 7 heteroatoms. The van der Waals surface area contributed by atoms with Crippen molar-refractivity contribution < 1.29 is 13.2 Å². The molecule has 1 N–H and O–H groups in total. The Morgan fingerprint density at radius 1 is 1.35 bits per heavy atom. The lowest BCUT2D eigenvalue weighted by Gasteiger charge is -2.19. The highest BCUT2D eigenvalue weighted by molar-refractivity contribution is 7.03. The van der Waals surface area contributed by atoms with Crippen LogP contribution in [-0.4, -0.2) is 16.1 Å². The second-order valence-corrected chi connectivity index (χ2v) is 5.00. The van der Waals surface area contributed by atoms with Crippen LogP contribution in [0.4, 0.5) is 13.2 Å². The van der Waals surface area contributed by atoms with Crippen molar-refractivity contribution in [3.63, 3.8) is 0 Å². The van der Waals surface area contributed by atoms with Crippen molar-refractivity contribution >= 4 is 11.5 Å². The van der Waals surface area contributed by atoms with E-state index in [1.807, 2.05) is 6.92 Å². The van der Waals surface area contributed by atoms with Gasteiger partial charge in [-0.25, -0.2) is 0 Å². The van der Waals surface area contributed by atoms with E-state index >= 15 is 0 Å². The largest absolute Gasteiger partial charge is 0.416 e. The molecule has 3 nitrogen and oxygen atoms in total. The van der Waals surface area contributed by atoms with E-state index in [0.717, 1.165) is 17.3 Å². The van der Waals surface area contributed by atoms with Crippen LogP contribution in [0.1, 0.15) is 35.3 Å². The zero-order valence-corrected chi connectivity index (χ0v) is 11.8. The van der Waals surface area contributed by atoms with E-state index in [0.29, 0.717) is 12.1 Å². The second-order valence-electron chi connectivity index (χ2n) is 4.39. The molecule has 1 aromatic carbocycles. The summed E-state index contributed by atoms with van der Waals surface area (Å²) in [6.45, 7) is 4.30. The molecule has 0 bridgehead atoms. The summed E-state index contributed by atoms with van der Waals surface area (Å²) in [6.07, 6.45) is -4.32. The van der Waals surface area contributed by atoms with E-state index in [9.17, 15) is 13.2 Å².